The number of thiazole rings is 1. The SMILES string of the molecule is CC1(C)CCCN(c2ncc(CNC3CC3)s2)C1. The molecule has 0 atom stereocenters. The summed E-state index contributed by atoms with van der Waals surface area (Å²) < 4.78 is 0. The second-order valence-corrected chi connectivity index (χ2v) is 7.55. The third-order valence-electron chi connectivity index (χ3n) is 3.85. The highest BCUT2D eigenvalue weighted by Gasteiger charge is 2.28. The predicted molar refractivity (Wildman–Crippen MR) is 77.2 cm³/mol. The number of hydrogen-bond donors (Lipinski definition) is 1. The van der Waals surface area contributed by atoms with Crippen LogP contribution in [0.25, 0.3) is 0 Å². The van der Waals surface area contributed by atoms with Crippen molar-refractivity contribution in [1.82, 2.24) is 10.3 Å². The molecule has 0 radical (unpaired) electrons. The van der Waals surface area contributed by atoms with Gasteiger partial charge in [0, 0.05) is 36.8 Å². The second kappa shape index (κ2) is 4.82. The summed E-state index contributed by atoms with van der Waals surface area (Å²) in [5.74, 6) is 0. The first-order valence-electron chi connectivity index (χ1n) is 7.05. The van der Waals surface area contributed by atoms with E-state index in [1.54, 1.807) is 0 Å². The van der Waals surface area contributed by atoms with Gasteiger partial charge in [0.25, 0.3) is 0 Å². The van der Waals surface area contributed by atoms with E-state index >= 15 is 0 Å². The van der Waals surface area contributed by atoms with Crippen LogP contribution in [0.4, 0.5) is 5.13 Å². The summed E-state index contributed by atoms with van der Waals surface area (Å²) in [4.78, 5) is 8.45. The van der Waals surface area contributed by atoms with Crippen molar-refractivity contribution < 1.29 is 0 Å². The third-order valence-corrected chi connectivity index (χ3v) is 4.91. The lowest BCUT2D eigenvalue weighted by Gasteiger charge is -2.37. The molecule has 1 aliphatic carbocycles. The normalized spacial score (nSPS) is 23.3. The number of nitrogens with one attached hydrogen (secondary N) is 1. The molecule has 0 bridgehead atoms. The monoisotopic (exact) mass is 265 g/mol. The Labute approximate surface area is 114 Å². The van der Waals surface area contributed by atoms with Crippen molar-refractivity contribution in [3.05, 3.63) is 11.1 Å². The van der Waals surface area contributed by atoms with E-state index in [0.717, 1.165) is 19.1 Å². The van der Waals surface area contributed by atoms with E-state index in [9.17, 15) is 0 Å². The van der Waals surface area contributed by atoms with Crippen LogP contribution in [-0.4, -0.2) is 24.1 Å². The highest BCUT2D eigenvalue weighted by Crippen LogP contribution is 2.33. The summed E-state index contributed by atoms with van der Waals surface area (Å²) in [5, 5.41) is 4.78. The molecule has 0 unspecified atom stereocenters. The maximum absolute atomic E-state index is 4.61. The Kier molecular flexibility index (Phi) is 3.32. The number of rotatable bonds is 4. The zero-order chi connectivity index (χ0) is 12.6. The molecule has 1 aliphatic heterocycles. The molecule has 0 spiro atoms. The minimum Gasteiger partial charge on any atom is -0.348 e. The van der Waals surface area contributed by atoms with Gasteiger partial charge in [0.05, 0.1) is 0 Å². The molecule has 3 nitrogen and oxygen atoms in total. The number of nitrogens with zero attached hydrogens (tertiary/aromatic N) is 2. The Balaban J connectivity index is 1.60. The lowest BCUT2D eigenvalue weighted by atomic mass is 9.84. The van der Waals surface area contributed by atoms with Gasteiger partial charge in [-0.2, -0.15) is 0 Å². The van der Waals surface area contributed by atoms with Gasteiger partial charge < -0.3 is 10.2 Å². The van der Waals surface area contributed by atoms with Gasteiger partial charge in [-0.1, -0.05) is 13.8 Å². The van der Waals surface area contributed by atoms with Crippen LogP contribution in [0.15, 0.2) is 6.20 Å². The molecule has 4 heteroatoms. The molecule has 3 rings (SSSR count). The molecule has 2 fully saturated rings. The van der Waals surface area contributed by atoms with Crippen molar-refractivity contribution in [3.63, 3.8) is 0 Å². The highest BCUT2D eigenvalue weighted by molar-refractivity contribution is 7.15. The Hall–Kier alpha value is -0.610. The van der Waals surface area contributed by atoms with E-state index in [-0.39, 0.29) is 0 Å². The molecule has 100 valence electrons. The fourth-order valence-corrected chi connectivity index (χ4v) is 3.53. The first-order valence-corrected chi connectivity index (χ1v) is 7.87. The number of aromatic nitrogens is 1. The quantitative estimate of drug-likeness (QED) is 0.907. The molecule has 2 heterocycles. The lowest BCUT2D eigenvalue weighted by Crippen LogP contribution is -2.39. The summed E-state index contributed by atoms with van der Waals surface area (Å²) >= 11 is 1.86. The third kappa shape index (κ3) is 3.04. The van der Waals surface area contributed by atoms with Crippen LogP contribution in [0.5, 0.6) is 0 Å². The van der Waals surface area contributed by atoms with Gasteiger partial charge in [-0.25, -0.2) is 4.98 Å². The van der Waals surface area contributed by atoms with Gasteiger partial charge in [0.2, 0.25) is 0 Å². The molecule has 0 amide bonds. The van der Waals surface area contributed by atoms with Gasteiger partial charge in [0.15, 0.2) is 5.13 Å². The maximum Gasteiger partial charge on any atom is 0.185 e. The molecular formula is C14H23N3S. The van der Waals surface area contributed by atoms with E-state index in [1.165, 1.54) is 42.2 Å². The van der Waals surface area contributed by atoms with E-state index < -0.39 is 0 Å². The van der Waals surface area contributed by atoms with Crippen molar-refractivity contribution >= 4 is 16.5 Å². The largest absolute Gasteiger partial charge is 0.348 e. The molecule has 1 aromatic heterocycles. The molecule has 18 heavy (non-hydrogen) atoms. The topological polar surface area (TPSA) is 28.2 Å². The summed E-state index contributed by atoms with van der Waals surface area (Å²) in [5.41, 5.74) is 0.441. The smallest absolute Gasteiger partial charge is 0.185 e. The summed E-state index contributed by atoms with van der Waals surface area (Å²) in [6.45, 7) is 8.05. The first-order chi connectivity index (χ1) is 8.62. The minimum atomic E-state index is 0.441. The molecule has 2 aliphatic rings. The molecule has 1 saturated carbocycles. The van der Waals surface area contributed by atoms with E-state index in [0.29, 0.717) is 5.41 Å². The molecule has 1 N–H and O–H groups in total. The standard InChI is InChI=1S/C14H23N3S/c1-14(2)6-3-7-17(10-14)13-16-9-12(18-13)8-15-11-4-5-11/h9,11,15H,3-8,10H2,1-2H3. The van der Waals surface area contributed by atoms with Crippen LogP contribution in [0, 0.1) is 5.41 Å². The minimum absolute atomic E-state index is 0.441. The van der Waals surface area contributed by atoms with E-state index in [1.807, 2.05) is 11.3 Å². The number of hydrogen-bond acceptors (Lipinski definition) is 4. The second-order valence-electron chi connectivity index (χ2n) is 6.45. The maximum atomic E-state index is 4.61. The van der Waals surface area contributed by atoms with Gasteiger partial charge in [-0.3, -0.25) is 0 Å². The van der Waals surface area contributed by atoms with Crippen LogP contribution < -0.4 is 10.2 Å². The van der Waals surface area contributed by atoms with Crippen LogP contribution in [0.1, 0.15) is 44.4 Å². The Bertz CT molecular complexity index is 409. The average molecular weight is 265 g/mol. The van der Waals surface area contributed by atoms with Crippen LogP contribution in [0.2, 0.25) is 0 Å². The zero-order valence-corrected chi connectivity index (χ0v) is 12.2. The molecule has 0 aromatic carbocycles. The van der Waals surface area contributed by atoms with Crippen molar-refractivity contribution in [1.29, 1.82) is 0 Å². The van der Waals surface area contributed by atoms with Gasteiger partial charge in [-0.15, -0.1) is 11.3 Å². The van der Waals surface area contributed by atoms with Gasteiger partial charge in [0.1, 0.15) is 0 Å². The Morgan fingerprint density at radius 3 is 3.06 bits per heavy atom. The number of anilines is 1. The predicted octanol–water partition coefficient (Wildman–Crippen LogP) is 3.02. The van der Waals surface area contributed by atoms with Gasteiger partial charge in [-0.05, 0) is 31.1 Å². The van der Waals surface area contributed by atoms with E-state index in [4.69, 9.17) is 0 Å². The fourth-order valence-electron chi connectivity index (χ4n) is 2.64. The first kappa shape index (κ1) is 12.4. The molecular weight excluding hydrogens is 242 g/mol. The summed E-state index contributed by atoms with van der Waals surface area (Å²) in [6.07, 6.45) is 7.39. The van der Waals surface area contributed by atoms with Crippen molar-refractivity contribution in [2.45, 2.75) is 52.1 Å². The van der Waals surface area contributed by atoms with E-state index in [2.05, 4.69) is 35.2 Å². The summed E-state index contributed by atoms with van der Waals surface area (Å²) in [6, 6.07) is 0.782. The molecule has 1 saturated heterocycles. The highest BCUT2D eigenvalue weighted by atomic mass is 32.1. The summed E-state index contributed by atoms with van der Waals surface area (Å²) in [7, 11) is 0. The van der Waals surface area contributed by atoms with Crippen molar-refractivity contribution in [3.8, 4) is 0 Å². The zero-order valence-electron chi connectivity index (χ0n) is 11.4. The number of piperidine rings is 1. The average Bonchev–Trinajstić information content (AvgIpc) is 3.02. The Morgan fingerprint density at radius 2 is 2.33 bits per heavy atom. The lowest BCUT2D eigenvalue weighted by molar-refractivity contribution is 0.293. The van der Waals surface area contributed by atoms with Gasteiger partial charge >= 0.3 is 0 Å². The Morgan fingerprint density at radius 1 is 1.50 bits per heavy atom. The molecule has 1 aromatic rings. The van der Waals surface area contributed by atoms with Crippen LogP contribution in [-0.2, 0) is 6.54 Å². The van der Waals surface area contributed by atoms with Crippen molar-refractivity contribution in [2.75, 3.05) is 18.0 Å². The fraction of sp³-hybridized carbons (Fsp3) is 0.786. The van der Waals surface area contributed by atoms with Crippen LogP contribution in [0.3, 0.4) is 0 Å². The van der Waals surface area contributed by atoms with Crippen molar-refractivity contribution in [2.24, 2.45) is 5.41 Å². The van der Waals surface area contributed by atoms with Crippen LogP contribution >= 0.6 is 11.3 Å².